The summed E-state index contributed by atoms with van der Waals surface area (Å²) in [5, 5.41) is 6.30. The van der Waals surface area contributed by atoms with Gasteiger partial charge in [-0.25, -0.2) is 4.79 Å². The van der Waals surface area contributed by atoms with Crippen LogP contribution in [0, 0.1) is 17.8 Å². The summed E-state index contributed by atoms with van der Waals surface area (Å²) in [5.74, 6) is 1.02. The van der Waals surface area contributed by atoms with E-state index >= 15 is 0 Å². The van der Waals surface area contributed by atoms with Crippen molar-refractivity contribution in [3.63, 3.8) is 0 Å². The van der Waals surface area contributed by atoms with Gasteiger partial charge in [0.05, 0.1) is 5.37 Å². The fourth-order valence-electron chi connectivity index (χ4n) is 4.38. The standard InChI is InChI=1S/C20H30N4O4S/c1-9(2)14-19(26)24(20(27)22-14)10(3)6-11-7-13(8-11)28-17-15(16(21)25)29-18(23-17)12-4-5-12/h9-14,18,23H,4-8H2,1-3H3,(H2,21,25)(H,22,27)/t10-,11?,13?,14?,18?/m0/s1. The number of rotatable bonds is 8. The Kier molecular flexibility index (Phi) is 5.44. The van der Waals surface area contributed by atoms with E-state index in [4.69, 9.17) is 10.5 Å². The number of urea groups is 1. The first kappa shape index (κ1) is 20.4. The molecule has 8 nitrogen and oxygen atoms in total. The number of nitrogens with one attached hydrogen (secondary N) is 2. The van der Waals surface area contributed by atoms with Gasteiger partial charge in [0.2, 0.25) is 5.88 Å². The second kappa shape index (κ2) is 7.74. The number of thioether (sulfide) groups is 1. The normalized spacial score (nSPS) is 32.9. The molecule has 0 aromatic rings. The molecule has 0 bridgehead atoms. The maximum atomic E-state index is 12.5. The maximum absolute atomic E-state index is 12.5. The summed E-state index contributed by atoms with van der Waals surface area (Å²) in [7, 11) is 0. The van der Waals surface area contributed by atoms with Crippen LogP contribution in [0.1, 0.15) is 52.9 Å². The predicted molar refractivity (Wildman–Crippen MR) is 109 cm³/mol. The van der Waals surface area contributed by atoms with Crippen molar-refractivity contribution in [2.24, 2.45) is 23.5 Å². The molecule has 160 valence electrons. The van der Waals surface area contributed by atoms with E-state index in [0.29, 0.717) is 22.6 Å². The fourth-order valence-corrected chi connectivity index (χ4v) is 5.59. The van der Waals surface area contributed by atoms with E-state index in [-0.39, 0.29) is 35.4 Å². The highest BCUT2D eigenvalue weighted by Crippen LogP contribution is 2.45. The lowest BCUT2D eigenvalue weighted by atomic mass is 9.78. The summed E-state index contributed by atoms with van der Waals surface area (Å²) in [6, 6.07) is -0.855. The van der Waals surface area contributed by atoms with Crippen molar-refractivity contribution in [1.82, 2.24) is 15.5 Å². The van der Waals surface area contributed by atoms with Crippen molar-refractivity contribution in [3.8, 4) is 0 Å². The van der Waals surface area contributed by atoms with E-state index in [2.05, 4.69) is 10.6 Å². The Morgan fingerprint density at radius 2 is 1.93 bits per heavy atom. The van der Waals surface area contributed by atoms with Crippen LogP contribution >= 0.6 is 11.8 Å². The van der Waals surface area contributed by atoms with Crippen LogP contribution in [0.15, 0.2) is 10.8 Å². The lowest BCUT2D eigenvalue weighted by Crippen LogP contribution is -2.43. The third-order valence-electron chi connectivity index (χ3n) is 6.26. The summed E-state index contributed by atoms with van der Waals surface area (Å²) < 4.78 is 6.04. The summed E-state index contributed by atoms with van der Waals surface area (Å²) in [4.78, 5) is 38.4. The van der Waals surface area contributed by atoms with Crippen LogP contribution < -0.4 is 16.4 Å². The summed E-state index contributed by atoms with van der Waals surface area (Å²) in [6.45, 7) is 5.80. The molecular weight excluding hydrogens is 392 g/mol. The van der Waals surface area contributed by atoms with Gasteiger partial charge in [0.1, 0.15) is 17.1 Å². The molecule has 9 heteroatoms. The minimum absolute atomic E-state index is 0.0362. The molecule has 0 radical (unpaired) electrons. The Bertz CT molecular complexity index is 745. The van der Waals surface area contributed by atoms with Gasteiger partial charge in [0.25, 0.3) is 11.8 Å². The van der Waals surface area contributed by atoms with Crippen molar-refractivity contribution in [2.45, 2.75) is 76.4 Å². The monoisotopic (exact) mass is 422 g/mol. The summed E-state index contributed by atoms with van der Waals surface area (Å²) in [6.07, 6.45) is 4.84. The number of nitrogens with zero attached hydrogens (tertiary/aromatic N) is 1. The number of carbonyl (C=O) groups excluding carboxylic acids is 3. The Labute approximate surface area is 175 Å². The van der Waals surface area contributed by atoms with Gasteiger partial charge in [-0.1, -0.05) is 25.6 Å². The number of hydrogen-bond acceptors (Lipinski definition) is 6. The second-order valence-corrected chi connectivity index (χ2v) is 10.2. The van der Waals surface area contributed by atoms with Gasteiger partial charge in [0, 0.05) is 6.04 Å². The number of ether oxygens (including phenoxy) is 1. The molecule has 4 amide bonds. The zero-order valence-corrected chi connectivity index (χ0v) is 18.0. The number of amides is 4. The highest BCUT2D eigenvalue weighted by Gasteiger charge is 2.44. The average molecular weight is 423 g/mol. The lowest BCUT2D eigenvalue weighted by Gasteiger charge is -2.38. The Hall–Kier alpha value is -1.90. The molecule has 3 fully saturated rings. The van der Waals surface area contributed by atoms with Gasteiger partial charge in [0.15, 0.2) is 0 Å². The van der Waals surface area contributed by atoms with E-state index in [9.17, 15) is 14.4 Å². The second-order valence-electron chi connectivity index (χ2n) is 9.08. The van der Waals surface area contributed by atoms with Crippen LogP contribution in [-0.4, -0.2) is 46.3 Å². The van der Waals surface area contributed by atoms with Crippen molar-refractivity contribution in [2.75, 3.05) is 0 Å². The van der Waals surface area contributed by atoms with Gasteiger partial charge in [-0.05, 0) is 56.8 Å². The quantitative estimate of drug-likeness (QED) is 0.515. The van der Waals surface area contributed by atoms with Gasteiger partial charge >= 0.3 is 6.03 Å². The smallest absolute Gasteiger partial charge is 0.325 e. The van der Waals surface area contributed by atoms with Crippen molar-refractivity contribution in [1.29, 1.82) is 0 Å². The molecule has 4 N–H and O–H groups in total. The molecule has 29 heavy (non-hydrogen) atoms. The van der Waals surface area contributed by atoms with Crippen LogP contribution in [0.5, 0.6) is 0 Å². The zero-order valence-electron chi connectivity index (χ0n) is 17.1. The SMILES string of the molecule is CC(C)C1NC(=O)N([C@@H](C)CC2CC(OC3=C(C(N)=O)SC(C4CC4)N3)C2)C1=O. The number of hydrogen-bond donors (Lipinski definition) is 3. The molecule has 0 aromatic carbocycles. The molecule has 2 heterocycles. The maximum Gasteiger partial charge on any atom is 0.325 e. The van der Waals surface area contributed by atoms with Crippen molar-refractivity contribution in [3.05, 3.63) is 10.8 Å². The van der Waals surface area contributed by atoms with E-state index in [0.717, 1.165) is 19.3 Å². The molecule has 2 saturated carbocycles. The summed E-state index contributed by atoms with van der Waals surface area (Å²) in [5.41, 5.74) is 5.51. The van der Waals surface area contributed by atoms with Crippen LogP contribution in [0.4, 0.5) is 4.79 Å². The van der Waals surface area contributed by atoms with Crippen LogP contribution in [0.25, 0.3) is 0 Å². The zero-order chi connectivity index (χ0) is 20.9. The van der Waals surface area contributed by atoms with Crippen LogP contribution in [-0.2, 0) is 14.3 Å². The molecule has 2 unspecified atom stereocenters. The van der Waals surface area contributed by atoms with Gasteiger partial charge < -0.3 is 21.1 Å². The summed E-state index contributed by atoms with van der Waals surface area (Å²) >= 11 is 1.49. The minimum Gasteiger partial charge on any atom is -0.475 e. The van der Waals surface area contributed by atoms with Gasteiger partial charge in [-0.2, -0.15) is 0 Å². The molecule has 0 spiro atoms. The van der Waals surface area contributed by atoms with Gasteiger partial charge in [-0.15, -0.1) is 0 Å². The van der Waals surface area contributed by atoms with Crippen molar-refractivity contribution >= 4 is 29.6 Å². The molecule has 2 aliphatic heterocycles. The number of carbonyl (C=O) groups is 3. The third kappa shape index (κ3) is 4.06. The molecule has 0 aromatic heterocycles. The highest BCUT2D eigenvalue weighted by atomic mass is 32.2. The average Bonchev–Trinajstić information content (AvgIpc) is 3.30. The molecule has 2 aliphatic carbocycles. The van der Waals surface area contributed by atoms with Crippen LogP contribution in [0.2, 0.25) is 0 Å². The molecule has 1 saturated heterocycles. The predicted octanol–water partition coefficient (Wildman–Crippen LogP) is 1.86. The number of imide groups is 1. The molecule has 3 atom stereocenters. The first-order chi connectivity index (χ1) is 13.7. The largest absolute Gasteiger partial charge is 0.475 e. The van der Waals surface area contributed by atoms with Crippen molar-refractivity contribution < 1.29 is 19.1 Å². The minimum atomic E-state index is -0.441. The van der Waals surface area contributed by atoms with E-state index in [1.54, 1.807) is 0 Å². The highest BCUT2D eigenvalue weighted by molar-refractivity contribution is 8.04. The Morgan fingerprint density at radius 1 is 1.24 bits per heavy atom. The first-order valence-corrected chi connectivity index (χ1v) is 11.4. The van der Waals surface area contributed by atoms with E-state index in [1.807, 2.05) is 20.8 Å². The third-order valence-corrected chi connectivity index (χ3v) is 7.64. The number of nitrogens with two attached hydrogens (primary N) is 1. The Morgan fingerprint density at radius 3 is 2.48 bits per heavy atom. The van der Waals surface area contributed by atoms with E-state index in [1.165, 1.54) is 29.5 Å². The molecule has 4 rings (SSSR count). The van der Waals surface area contributed by atoms with Gasteiger partial charge in [-0.3, -0.25) is 14.5 Å². The van der Waals surface area contributed by atoms with Crippen LogP contribution in [0.3, 0.4) is 0 Å². The fraction of sp³-hybridized carbons (Fsp3) is 0.750. The molecule has 4 aliphatic rings. The van der Waals surface area contributed by atoms with E-state index < -0.39 is 11.9 Å². The Balaban J connectivity index is 1.27. The topological polar surface area (TPSA) is 114 Å². The first-order valence-electron chi connectivity index (χ1n) is 10.5. The number of primary amides is 1. The lowest BCUT2D eigenvalue weighted by molar-refractivity contribution is -0.130. The molecular formula is C20H30N4O4S.